The van der Waals surface area contributed by atoms with Crippen molar-refractivity contribution in [2.75, 3.05) is 14.2 Å². The molecule has 1 aromatic heterocycles. The average molecular weight is 254 g/mol. The maximum atomic E-state index is 5.71. The average Bonchev–Trinajstić information content (AvgIpc) is 2.62. The van der Waals surface area contributed by atoms with Gasteiger partial charge in [-0.05, 0) is 32.2 Å². The molecule has 0 amide bonds. The summed E-state index contributed by atoms with van der Waals surface area (Å²) in [5.41, 5.74) is 1.17. The van der Waals surface area contributed by atoms with Crippen LogP contribution in [0.25, 0.3) is 0 Å². The van der Waals surface area contributed by atoms with Crippen molar-refractivity contribution < 1.29 is 4.74 Å². The molecule has 0 aliphatic heterocycles. The highest BCUT2D eigenvalue weighted by Crippen LogP contribution is 2.46. The third-order valence-electron chi connectivity index (χ3n) is 3.55. The second-order valence-electron chi connectivity index (χ2n) is 5.06. The summed E-state index contributed by atoms with van der Waals surface area (Å²) in [4.78, 5) is 6.21. The lowest BCUT2D eigenvalue weighted by molar-refractivity contribution is -0.0780. The fraction of sp³-hybridized carbons (Fsp3) is 0.769. The number of ether oxygens (including phenoxy) is 1. The molecule has 0 unspecified atom stereocenters. The molecule has 0 spiro atoms. The maximum Gasteiger partial charge on any atom is 0.125 e. The summed E-state index contributed by atoms with van der Waals surface area (Å²) >= 11 is 1.82. The van der Waals surface area contributed by atoms with Gasteiger partial charge in [-0.1, -0.05) is 13.8 Å². The minimum absolute atomic E-state index is 0.0691. The quantitative estimate of drug-likeness (QED) is 0.877. The zero-order valence-corrected chi connectivity index (χ0v) is 12.0. The van der Waals surface area contributed by atoms with E-state index in [1.54, 1.807) is 0 Å². The van der Waals surface area contributed by atoms with Gasteiger partial charge in [-0.2, -0.15) is 0 Å². The van der Waals surface area contributed by atoms with Gasteiger partial charge in [0.05, 0.1) is 5.69 Å². The normalized spacial score (nSPS) is 18.4. The van der Waals surface area contributed by atoms with Crippen LogP contribution in [-0.4, -0.2) is 19.1 Å². The van der Waals surface area contributed by atoms with E-state index in [2.05, 4.69) is 19.2 Å². The molecule has 17 heavy (non-hydrogen) atoms. The van der Waals surface area contributed by atoms with Gasteiger partial charge in [0, 0.05) is 18.5 Å². The molecule has 0 aromatic carbocycles. The van der Waals surface area contributed by atoms with Crippen molar-refractivity contribution in [3.8, 4) is 0 Å². The van der Waals surface area contributed by atoms with E-state index < -0.39 is 0 Å². The van der Waals surface area contributed by atoms with E-state index in [9.17, 15) is 0 Å². The summed E-state index contributed by atoms with van der Waals surface area (Å²) in [6, 6.07) is 0. The number of aromatic nitrogens is 1. The van der Waals surface area contributed by atoms with E-state index in [-0.39, 0.29) is 5.60 Å². The van der Waals surface area contributed by atoms with E-state index in [0.29, 0.717) is 5.92 Å². The molecule has 0 radical (unpaired) electrons. The third kappa shape index (κ3) is 2.26. The van der Waals surface area contributed by atoms with Crippen LogP contribution in [0.1, 0.15) is 54.6 Å². The van der Waals surface area contributed by atoms with Gasteiger partial charge >= 0.3 is 0 Å². The molecule has 1 heterocycles. The van der Waals surface area contributed by atoms with Crippen LogP contribution >= 0.6 is 11.3 Å². The standard InChI is InChI=1S/C13H22N2OS/c1-9(2)11-10(8-14-3)17-12(15-11)13(16-4)6-5-7-13/h9,14H,5-8H2,1-4H3. The van der Waals surface area contributed by atoms with Crippen LogP contribution in [0.5, 0.6) is 0 Å². The second-order valence-corrected chi connectivity index (χ2v) is 6.15. The molecular weight excluding hydrogens is 232 g/mol. The van der Waals surface area contributed by atoms with E-state index in [1.165, 1.54) is 22.0 Å². The smallest absolute Gasteiger partial charge is 0.125 e. The maximum absolute atomic E-state index is 5.71. The summed E-state index contributed by atoms with van der Waals surface area (Å²) in [5, 5.41) is 4.41. The van der Waals surface area contributed by atoms with Crippen LogP contribution < -0.4 is 5.32 Å². The number of rotatable bonds is 5. The number of nitrogens with zero attached hydrogens (tertiary/aromatic N) is 1. The van der Waals surface area contributed by atoms with Crippen molar-refractivity contribution in [3.05, 3.63) is 15.6 Å². The Morgan fingerprint density at radius 1 is 1.47 bits per heavy atom. The van der Waals surface area contributed by atoms with Crippen molar-refractivity contribution in [3.63, 3.8) is 0 Å². The summed E-state index contributed by atoms with van der Waals surface area (Å²) in [5.74, 6) is 0.484. The van der Waals surface area contributed by atoms with E-state index in [1.807, 2.05) is 25.5 Å². The number of nitrogens with one attached hydrogen (secondary N) is 1. The zero-order valence-electron chi connectivity index (χ0n) is 11.2. The summed E-state index contributed by atoms with van der Waals surface area (Å²) in [7, 11) is 3.80. The largest absolute Gasteiger partial charge is 0.371 e. The molecule has 2 rings (SSSR count). The van der Waals surface area contributed by atoms with E-state index >= 15 is 0 Å². The zero-order chi connectivity index (χ0) is 12.5. The molecule has 1 aliphatic rings. The van der Waals surface area contributed by atoms with Crippen molar-refractivity contribution in [2.45, 2.75) is 51.2 Å². The van der Waals surface area contributed by atoms with Crippen molar-refractivity contribution in [1.82, 2.24) is 10.3 Å². The second kappa shape index (κ2) is 5.04. The van der Waals surface area contributed by atoms with Gasteiger partial charge < -0.3 is 10.1 Å². The van der Waals surface area contributed by atoms with E-state index in [0.717, 1.165) is 19.4 Å². The molecule has 0 saturated heterocycles. The Bertz CT molecular complexity index is 377. The molecule has 1 aromatic rings. The van der Waals surface area contributed by atoms with Gasteiger partial charge in [0.15, 0.2) is 0 Å². The highest BCUT2D eigenvalue weighted by Gasteiger charge is 2.42. The number of hydrogen-bond donors (Lipinski definition) is 1. The first kappa shape index (κ1) is 13.0. The molecule has 3 nitrogen and oxygen atoms in total. The van der Waals surface area contributed by atoms with Gasteiger partial charge in [0.2, 0.25) is 0 Å². The fourth-order valence-corrected chi connectivity index (χ4v) is 3.75. The van der Waals surface area contributed by atoms with Crippen molar-refractivity contribution >= 4 is 11.3 Å². The predicted molar refractivity (Wildman–Crippen MR) is 71.5 cm³/mol. The van der Waals surface area contributed by atoms with Crippen LogP contribution in [0.15, 0.2) is 0 Å². The molecule has 0 atom stereocenters. The molecule has 96 valence electrons. The molecule has 0 bridgehead atoms. The number of hydrogen-bond acceptors (Lipinski definition) is 4. The number of methoxy groups -OCH3 is 1. The number of thiazole rings is 1. The summed E-state index contributed by atoms with van der Waals surface area (Å²) < 4.78 is 5.71. The third-order valence-corrected chi connectivity index (χ3v) is 4.81. The van der Waals surface area contributed by atoms with Gasteiger partial charge in [-0.3, -0.25) is 0 Å². The van der Waals surface area contributed by atoms with Crippen LogP contribution in [-0.2, 0) is 16.9 Å². The Balaban J connectivity index is 2.32. The van der Waals surface area contributed by atoms with Crippen molar-refractivity contribution in [1.29, 1.82) is 0 Å². The first-order chi connectivity index (χ1) is 8.13. The molecule has 1 saturated carbocycles. The van der Waals surface area contributed by atoms with Crippen LogP contribution in [0.3, 0.4) is 0 Å². The predicted octanol–water partition coefficient (Wildman–Crippen LogP) is 3.01. The van der Waals surface area contributed by atoms with Gasteiger partial charge in [-0.15, -0.1) is 11.3 Å². The molecular formula is C13H22N2OS. The first-order valence-electron chi connectivity index (χ1n) is 6.33. The van der Waals surface area contributed by atoms with Gasteiger partial charge in [0.1, 0.15) is 10.6 Å². The Morgan fingerprint density at radius 2 is 2.18 bits per heavy atom. The highest BCUT2D eigenvalue weighted by atomic mass is 32.1. The van der Waals surface area contributed by atoms with Crippen LogP contribution in [0, 0.1) is 0 Å². The fourth-order valence-electron chi connectivity index (χ4n) is 2.30. The monoisotopic (exact) mass is 254 g/mol. The summed E-state index contributed by atoms with van der Waals surface area (Å²) in [6.45, 7) is 5.32. The lowest BCUT2D eigenvalue weighted by Crippen LogP contribution is -2.35. The topological polar surface area (TPSA) is 34.1 Å². The van der Waals surface area contributed by atoms with Crippen molar-refractivity contribution in [2.24, 2.45) is 0 Å². The Hall–Kier alpha value is -0.450. The van der Waals surface area contributed by atoms with Crippen LogP contribution in [0.4, 0.5) is 0 Å². The molecule has 1 aliphatic carbocycles. The minimum Gasteiger partial charge on any atom is -0.371 e. The lowest BCUT2D eigenvalue weighted by Gasteiger charge is -2.38. The minimum atomic E-state index is -0.0691. The first-order valence-corrected chi connectivity index (χ1v) is 7.14. The lowest BCUT2D eigenvalue weighted by atomic mass is 9.80. The highest BCUT2D eigenvalue weighted by molar-refractivity contribution is 7.11. The molecule has 4 heteroatoms. The van der Waals surface area contributed by atoms with Gasteiger partial charge in [0.25, 0.3) is 0 Å². The molecule has 1 N–H and O–H groups in total. The van der Waals surface area contributed by atoms with Crippen LogP contribution in [0.2, 0.25) is 0 Å². The van der Waals surface area contributed by atoms with Gasteiger partial charge in [-0.25, -0.2) is 4.98 Å². The SMILES string of the molecule is CNCc1sc(C2(OC)CCC2)nc1C(C)C. The Labute approximate surface area is 108 Å². The molecule has 1 fully saturated rings. The van der Waals surface area contributed by atoms with E-state index in [4.69, 9.17) is 9.72 Å². The Kier molecular flexibility index (Phi) is 3.85. The summed E-state index contributed by atoms with van der Waals surface area (Å²) in [6.07, 6.45) is 3.49. The Morgan fingerprint density at radius 3 is 2.59 bits per heavy atom.